The molecule has 1 heterocycles. The summed E-state index contributed by atoms with van der Waals surface area (Å²) < 4.78 is 1.26. The van der Waals surface area contributed by atoms with Crippen LogP contribution in [0.1, 0.15) is 29.5 Å². The maximum absolute atomic E-state index is 3.66. The quantitative estimate of drug-likeness (QED) is 0.867. The predicted molar refractivity (Wildman–Crippen MR) is 68.3 cm³/mol. The van der Waals surface area contributed by atoms with Crippen molar-refractivity contribution >= 4 is 15.9 Å². The van der Waals surface area contributed by atoms with E-state index in [1.54, 1.807) is 0 Å². The third kappa shape index (κ3) is 2.43. The van der Waals surface area contributed by atoms with Crippen LogP contribution in [-0.2, 0) is 6.42 Å². The first-order valence-electron chi connectivity index (χ1n) is 5.66. The average molecular weight is 268 g/mol. The van der Waals surface area contributed by atoms with Crippen molar-refractivity contribution in [1.29, 1.82) is 0 Å². The molecule has 0 amide bonds. The Kier molecular flexibility index (Phi) is 3.47. The maximum Gasteiger partial charge on any atom is 0.0210 e. The molecule has 0 spiro atoms. The fraction of sp³-hybridized carbons (Fsp3) is 0.538. The molecule has 2 heteroatoms. The highest BCUT2D eigenvalue weighted by Gasteiger charge is 2.17. The van der Waals surface area contributed by atoms with Gasteiger partial charge in [0.1, 0.15) is 0 Å². The minimum absolute atomic E-state index is 0.682. The second-order valence-corrected chi connectivity index (χ2v) is 5.32. The number of hydrogen-bond donors (Lipinski definition) is 1. The molecular weight excluding hydrogens is 250 g/mol. The Morgan fingerprint density at radius 1 is 1.40 bits per heavy atom. The van der Waals surface area contributed by atoms with Gasteiger partial charge in [-0.2, -0.15) is 0 Å². The lowest BCUT2D eigenvalue weighted by Crippen LogP contribution is -2.24. The monoisotopic (exact) mass is 267 g/mol. The van der Waals surface area contributed by atoms with Crippen molar-refractivity contribution in [2.24, 2.45) is 0 Å². The second kappa shape index (κ2) is 4.67. The molecule has 1 fully saturated rings. The molecule has 0 bridgehead atoms. The van der Waals surface area contributed by atoms with E-state index >= 15 is 0 Å². The lowest BCUT2D eigenvalue weighted by Gasteiger charge is -2.15. The molecule has 1 aromatic rings. The van der Waals surface area contributed by atoms with Crippen molar-refractivity contribution in [2.45, 2.75) is 39.2 Å². The Morgan fingerprint density at radius 2 is 2.20 bits per heavy atom. The van der Waals surface area contributed by atoms with Gasteiger partial charge in [0.05, 0.1) is 0 Å². The molecule has 82 valence electrons. The first kappa shape index (κ1) is 11.2. The summed E-state index contributed by atoms with van der Waals surface area (Å²) in [6.07, 6.45) is 3.81. The van der Waals surface area contributed by atoms with Gasteiger partial charge in [-0.3, -0.25) is 0 Å². The van der Waals surface area contributed by atoms with E-state index in [-0.39, 0.29) is 0 Å². The first-order chi connectivity index (χ1) is 7.18. The van der Waals surface area contributed by atoms with Crippen LogP contribution in [-0.4, -0.2) is 12.6 Å². The number of benzene rings is 1. The summed E-state index contributed by atoms with van der Waals surface area (Å²) in [5.74, 6) is 0. The fourth-order valence-electron chi connectivity index (χ4n) is 2.27. The molecular formula is C13H18BrN. The normalized spacial score (nSPS) is 20.9. The molecule has 0 saturated carbocycles. The highest BCUT2D eigenvalue weighted by molar-refractivity contribution is 9.10. The van der Waals surface area contributed by atoms with Gasteiger partial charge >= 0.3 is 0 Å². The van der Waals surface area contributed by atoms with E-state index in [0.29, 0.717) is 6.04 Å². The van der Waals surface area contributed by atoms with E-state index in [9.17, 15) is 0 Å². The van der Waals surface area contributed by atoms with Gasteiger partial charge in [-0.1, -0.05) is 22.0 Å². The zero-order valence-corrected chi connectivity index (χ0v) is 11.0. The van der Waals surface area contributed by atoms with E-state index in [1.165, 1.54) is 40.5 Å². The van der Waals surface area contributed by atoms with Crippen LogP contribution in [0.3, 0.4) is 0 Å². The van der Waals surface area contributed by atoms with E-state index < -0.39 is 0 Å². The number of aryl methyl sites for hydroxylation is 1. The van der Waals surface area contributed by atoms with Crippen LogP contribution >= 0.6 is 15.9 Å². The summed E-state index contributed by atoms with van der Waals surface area (Å²) >= 11 is 3.66. The molecule has 1 saturated heterocycles. The highest BCUT2D eigenvalue weighted by atomic mass is 79.9. The van der Waals surface area contributed by atoms with Crippen LogP contribution in [0.15, 0.2) is 16.6 Å². The molecule has 1 unspecified atom stereocenters. The smallest absolute Gasteiger partial charge is 0.0210 e. The number of rotatable bonds is 2. The van der Waals surface area contributed by atoms with Gasteiger partial charge in [0.15, 0.2) is 0 Å². The van der Waals surface area contributed by atoms with Gasteiger partial charge in [-0.25, -0.2) is 0 Å². The Hall–Kier alpha value is -0.340. The van der Waals surface area contributed by atoms with Gasteiger partial charge in [-0.05, 0) is 62.4 Å². The van der Waals surface area contributed by atoms with Crippen molar-refractivity contribution in [3.05, 3.63) is 33.3 Å². The number of nitrogens with one attached hydrogen (secondary N) is 1. The minimum Gasteiger partial charge on any atom is -0.314 e. The van der Waals surface area contributed by atoms with E-state index in [0.717, 1.165) is 6.42 Å². The Balaban J connectivity index is 2.22. The molecule has 1 nitrogen and oxygen atoms in total. The van der Waals surface area contributed by atoms with Crippen LogP contribution in [0.2, 0.25) is 0 Å². The van der Waals surface area contributed by atoms with Crippen LogP contribution in [0.5, 0.6) is 0 Å². The Morgan fingerprint density at radius 3 is 2.87 bits per heavy atom. The molecule has 1 N–H and O–H groups in total. The van der Waals surface area contributed by atoms with Gasteiger partial charge in [0.25, 0.3) is 0 Å². The van der Waals surface area contributed by atoms with Crippen LogP contribution in [0.4, 0.5) is 0 Å². The van der Waals surface area contributed by atoms with Gasteiger partial charge in [-0.15, -0.1) is 0 Å². The van der Waals surface area contributed by atoms with Crippen molar-refractivity contribution in [3.63, 3.8) is 0 Å². The van der Waals surface area contributed by atoms with Crippen LogP contribution in [0.25, 0.3) is 0 Å². The zero-order chi connectivity index (χ0) is 10.8. The summed E-state index contributed by atoms with van der Waals surface area (Å²) in [4.78, 5) is 0. The third-order valence-electron chi connectivity index (χ3n) is 3.43. The Bertz CT molecular complexity index is 354. The maximum atomic E-state index is 3.66. The molecule has 0 radical (unpaired) electrons. The number of halogens is 1. The summed E-state index contributed by atoms with van der Waals surface area (Å²) in [5.41, 5.74) is 4.32. The molecule has 2 rings (SSSR count). The van der Waals surface area contributed by atoms with Crippen LogP contribution < -0.4 is 5.32 Å². The standard InChI is InChI=1S/C13H18BrN/c1-9-5-6-13(14)12(10(9)2)8-11-4-3-7-15-11/h5-6,11,15H,3-4,7-8H2,1-2H3. The Labute approximate surface area is 100 Å². The molecule has 0 aromatic heterocycles. The second-order valence-electron chi connectivity index (χ2n) is 4.47. The summed E-state index contributed by atoms with van der Waals surface area (Å²) in [7, 11) is 0. The number of hydrogen-bond acceptors (Lipinski definition) is 1. The highest BCUT2D eigenvalue weighted by Crippen LogP contribution is 2.26. The SMILES string of the molecule is Cc1ccc(Br)c(CC2CCCN2)c1C. The van der Waals surface area contributed by atoms with Gasteiger partial charge < -0.3 is 5.32 Å². The van der Waals surface area contributed by atoms with Crippen molar-refractivity contribution in [2.75, 3.05) is 6.54 Å². The lowest BCUT2D eigenvalue weighted by molar-refractivity contribution is 0.600. The molecule has 1 aromatic carbocycles. The molecule has 1 aliphatic rings. The molecule has 1 aliphatic heterocycles. The average Bonchev–Trinajstić information content (AvgIpc) is 2.71. The van der Waals surface area contributed by atoms with E-state index in [2.05, 4.69) is 47.2 Å². The topological polar surface area (TPSA) is 12.0 Å². The summed E-state index contributed by atoms with van der Waals surface area (Å²) in [6.45, 7) is 5.60. The van der Waals surface area contributed by atoms with Crippen molar-refractivity contribution in [3.8, 4) is 0 Å². The van der Waals surface area contributed by atoms with Crippen LogP contribution in [0, 0.1) is 13.8 Å². The summed E-state index contributed by atoms with van der Waals surface area (Å²) in [6, 6.07) is 5.04. The van der Waals surface area contributed by atoms with Gasteiger partial charge in [0.2, 0.25) is 0 Å². The predicted octanol–water partition coefficient (Wildman–Crippen LogP) is 3.36. The molecule has 15 heavy (non-hydrogen) atoms. The molecule has 0 aliphatic carbocycles. The minimum atomic E-state index is 0.682. The lowest BCUT2D eigenvalue weighted by atomic mass is 9.97. The third-order valence-corrected chi connectivity index (χ3v) is 4.17. The van der Waals surface area contributed by atoms with E-state index in [1.807, 2.05) is 0 Å². The van der Waals surface area contributed by atoms with Crippen molar-refractivity contribution in [1.82, 2.24) is 5.32 Å². The zero-order valence-electron chi connectivity index (χ0n) is 9.44. The van der Waals surface area contributed by atoms with Gasteiger partial charge in [0, 0.05) is 10.5 Å². The largest absolute Gasteiger partial charge is 0.314 e. The first-order valence-corrected chi connectivity index (χ1v) is 6.45. The summed E-state index contributed by atoms with van der Waals surface area (Å²) in [5, 5.41) is 3.56. The molecule has 1 atom stereocenters. The fourth-order valence-corrected chi connectivity index (χ4v) is 2.86. The van der Waals surface area contributed by atoms with Crippen molar-refractivity contribution < 1.29 is 0 Å². The van der Waals surface area contributed by atoms with E-state index in [4.69, 9.17) is 0 Å².